The molecule has 1 aromatic rings. The maximum Gasteiger partial charge on any atom is 0.269 e. The summed E-state index contributed by atoms with van der Waals surface area (Å²) in [6, 6.07) is 1.65. The van der Waals surface area contributed by atoms with Crippen molar-refractivity contribution in [3.63, 3.8) is 0 Å². The molecule has 2 rings (SSSR count). The second-order valence-corrected chi connectivity index (χ2v) is 6.14. The highest BCUT2D eigenvalue weighted by Crippen LogP contribution is 2.21. The van der Waals surface area contributed by atoms with Gasteiger partial charge in [0.15, 0.2) is 0 Å². The van der Waals surface area contributed by atoms with E-state index in [-0.39, 0.29) is 24.1 Å². The summed E-state index contributed by atoms with van der Waals surface area (Å²) in [6.07, 6.45) is 2.69. The van der Waals surface area contributed by atoms with Crippen LogP contribution in [0.5, 0.6) is 0 Å². The van der Waals surface area contributed by atoms with Crippen molar-refractivity contribution in [3.8, 4) is 0 Å². The summed E-state index contributed by atoms with van der Waals surface area (Å²) in [5.74, 6) is 0.352. The number of amides is 1. The molecule has 0 aromatic carbocycles. The van der Waals surface area contributed by atoms with Gasteiger partial charge in [-0.1, -0.05) is 0 Å². The zero-order valence-electron chi connectivity index (χ0n) is 13.5. The predicted octanol–water partition coefficient (Wildman–Crippen LogP) is -0.105. The number of rotatable bonds is 5. The molecule has 1 saturated heterocycles. The van der Waals surface area contributed by atoms with E-state index in [0.717, 1.165) is 25.2 Å². The van der Waals surface area contributed by atoms with Crippen LogP contribution in [0.15, 0.2) is 17.1 Å². The molecule has 0 spiro atoms. The van der Waals surface area contributed by atoms with E-state index in [4.69, 9.17) is 5.73 Å². The lowest BCUT2D eigenvalue weighted by molar-refractivity contribution is -0.132. The molecule has 122 valence electrons. The Kier molecular flexibility index (Phi) is 5.18. The van der Waals surface area contributed by atoms with E-state index in [9.17, 15) is 9.59 Å². The molecule has 1 aliphatic heterocycles. The van der Waals surface area contributed by atoms with Crippen LogP contribution >= 0.6 is 0 Å². The SMILES string of the molecule is CC(C)N(C)C(=O)Cn1ncc(N2CC[C@@H](CN)C2)cc1=O. The van der Waals surface area contributed by atoms with Crippen molar-refractivity contribution in [3.05, 3.63) is 22.6 Å². The van der Waals surface area contributed by atoms with Crippen LogP contribution in [0.2, 0.25) is 0 Å². The monoisotopic (exact) mass is 307 g/mol. The fourth-order valence-corrected chi connectivity index (χ4v) is 2.50. The first kappa shape index (κ1) is 16.5. The van der Waals surface area contributed by atoms with E-state index in [1.807, 2.05) is 13.8 Å². The molecule has 0 aliphatic carbocycles. The Labute approximate surface area is 130 Å². The van der Waals surface area contributed by atoms with Crippen LogP contribution in [0.25, 0.3) is 0 Å². The van der Waals surface area contributed by atoms with Gasteiger partial charge in [-0.15, -0.1) is 0 Å². The first-order valence-electron chi connectivity index (χ1n) is 7.70. The Hall–Kier alpha value is -1.89. The summed E-state index contributed by atoms with van der Waals surface area (Å²) < 4.78 is 1.21. The van der Waals surface area contributed by atoms with E-state index in [0.29, 0.717) is 12.5 Å². The number of aromatic nitrogens is 2. The molecule has 0 radical (unpaired) electrons. The summed E-state index contributed by atoms with van der Waals surface area (Å²) >= 11 is 0. The molecule has 2 N–H and O–H groups in total. The number of nitrogens with zero attached hydrogens (tertiary/aromatic N) is 4. The van der Waals surface area contributed by atoms with Crippen LogP contribution < -0.4 is 16.2 Å². The summed E-state index contributed by atoms with van der Waals surface area (Å²) in [4.78, 5) is 27.9. The number of carbonyl (C=O) groups is 1. The van der Waals surface area contributed by atoms with Gasteiger partial charge < -0.3 is 15.5 Å². The normalized spacial score (nSPS) is 18.0. The number of hydrogen-bond acceptors (Lipinski definition) is 5. The Morgan fingerprint density at radius 1 is 1.55 bits per heavy atom. The second-order valence-electron chi connectivity index (χ2n) is 6.14. The molecule has 1 fully saturated rings. The van der Waals surface area contributed by atoms with Crippen molar-refractivity contribution in [2.24, 2.45) is 11.7 Å². The minimum atomic E-state index is -0.251. The van der Waals surface area contributed by atoms with Gasteiger partial charge >= 0.3 is 0 Å². The van der Waals surface area contributed by atoms with E-state index in [2.05, 4.69) is 10.00 Å². The standard InChI is InChI=1S/C15H25N5O2/c1-11(2)18(3)15(22)10-20-14(21)6-13(8-17-20)19-5-4-12(7-16)9-19/h6,8,11-12H,4-5,7,9-10,16H2,1-3H3/t12-/m0/s1. The van der Waals surface area contributed by atoms with E-state index >= 15 is 0 Å². The van der Waals surface area contributed by atoms with Gasteiger partial charge in [-0.25, -0.2) is 4.68 Å². The third-order valence-corrected chi connectivity index (χ3v) is 4.29. The summed E-state index contributed by atoms with van der Waals surface area (Å²) in [7, 11) is 1.73. The van der Waals surface area contributed by atoms with Gasteiger partial charge in [0.2, 0.25) is 5.91 Å². The minimum absolute atomic E-state index is 0.0286. The average molecular weight is 307 g/mol. The van der Waals surface area contributed by atoms with Crippen molar-refractivity contribution in [2.75, 3.05) is 31.6 Å². The molecular weight excluding hydrogens is 282 g/mol. The predicted molar refractivity (Wildman–Crippen MR) is 85.8 cm³/mol. The molecular formula is C15H25N5O2. The van der Waals surface area contributed by atoms with Gasteiger partial charge in [0.25, 0.3) is 5.56 Å². The van der Waals surface area contributed by atoms with Gasteiger partial charge in [0.05, 0.1) is 11.9 Å². The van der Waals surface area contributed by atoms with Crippen molar-refractivity contribution in [1.29, 1.82) is 0 Å². The molecule has 1 amide bonds. The maximum absolute atomic E-state index is 12.2. The molecule has 1 aliphatic rings. The van der Waals surface area contributed by atoms with E-state index in [1.165, 1.54) is 4.68 Å². The number of likely N-dealkylation sites (N-methyl/N-ethyl adjacent to an activating group) is 1. The van der Waals surface area contributed by atoms with E-state index < -0.39 is 0 Å². The highest BCUT2D eigenvalue weighted by atomic mass is 16.2. The third-order valence-electron chi connectivity index (χ3n) is 4.29. The highest BCUT2D eigenvalue weighted by molar-refractivity contribution is 5.75. The van der Waals surface area contributed by atoms with Crippen LogP contribution in [0.3, 0.4) is 0 Å². The van der Waals surface area contributed by atoms with Crippen molar-refractivity contribution >= 4 is 11.6 Å². The molecule has 22 heavy (non-hydrogen) atoms. The molecule has 7 heteroatoms. The molecule has 0 bridgehead atoms. The van der Waals surface area contributed by atoms with Gasteiger partial charge in [-0.3, -0.25) is 9.59 Å². The van der Waals surface area contributed by atoms with Crippen molar-refractivity contribution in [2.45, 2.75) is 32.9 Å². The fraction of sp³-hybridized carbons (Fsp3) is 0.667. The molecule has 0 saturated carbocycles. The highest BCUT2D eigenvalue weighted by Gasteiger charge is 2.22. The molecule has 0 unspecified atom stereocenters. The Balaban J connectivity index is 2.07. The van der Waals surface area contributed by atoms with Crippen LogP contribution in [-0.2, 0) is 11.3 Å². The number of anilines is 1. The Bertz CT molecular complexity index is 584. The quantitative estimate of drug-likeness (QED) is 0.821. The molecule has 1 aromatic heterocycles. The lowest BCUT2D eigenvalue weighted by Crippen LogP contribution is -2.38. The number of nitrogens with two attached hydrogens (primary N) is 1. The van der Waals surface area contributed by atoms with Gasteiger partial charge in [0, 0.05) is 32.2 Å². The lowest BCUT2D eigenvalue weighted by atomic mass is 10.1. The van der Waals surface area contributed by atoms with E-state index in [1.54, 1.807) is 24.2 Å². The zero-order chi connectivity index (χ0) is 16.3. The topological polar surface area (TPSA) is 84.5 Å². The minimum Gasteiger partial charge on any atom is -0.370 e. The third kappa shape index (κ3) is 3.65. The Morgan fingerprint density at radius 2 is 2.27 bits per heavy atom. The van der Waals surface area contributed by atoms with Crippen molar-refractivity contribution in [1.82, 2.24) is 14.7 Å². The Morgan fingerprint density at radius 3 is 2.82 bits per heavy atom. The fourth-order valence-electron chi connectivity index (χ4n) is 2.50. The summed E-state index contributed by atoms with van der Waals surface area (Å²) in [5.41, 5.74) is 6.24. The van der Waals surface area contributed by atoms with Crippen LogP contribution in [0.1, 0.15) is 20.3 Å². The first-order chi connectivity index (χ1) is 10.4. The molecule has 7 nitrogen and oxygen atoms in total. The van der Waals surface area contributed by atoms with Crippen molar-refractivity contribution < 1.29 is 4.79 Å². The number of carbonyl (C=O) groups excluding carboxylic acids is 1. The number of hydrogen-bond donors (Lipinski definition) is 1. The smallest absolute Gasteiger partial charge is 0.269 e. The molecule has 1 atom stereocenters. The van der Waals surface area contributed by atoms with Crippen LogP contribution in [0.4, 0.5) is 5.69 Å². The summed E-state index contributed by atoms with van der Waals surface area (Å²) in [6.45, 7) is 6.24. The second kappa shape index (κ2) is 6.91. The van der Waals surface area contributed by atoms with Gasteiger partial charge in [-0.05, 0) is 32.7 Å². The molecule has 2 heterocycles. The van der Waals surface area contributed by atoms with Crippen LogP contribution in [0, 0.1) is 5.92 Å². The summed E-state index contributed by atoms with van der Waals surface area (Å²) in [5, 5.41) is 4.14. The van der Waals surface area contributed by atoms with Crippen LogP contribution in [-0.4, -0.2) is 53.3 Å². The largest absolute Gasteiger partial charge is 0.370 e. The maximum atomic E-state index is 12.2. The first-order valence-corrected chi connectivity index (χ1v) is 7.70. The van der Waals surface area contributed by atoms with Gasteiger partial charge in [0.1, 0.15) is 6.54 Å². The lowest BCUT2D eigenvalue weighted by Gasteiger charge is -2.22. The average Bonchev–Trinajstić information content (AvgIpc) is 2.97. The van der Waals surface area contributed by atoms with Gasteiger partial charge in [-0.2, -0.15) is 5.10 Å². The zero-order valence-corrected chi connectivity index (χ0v) is 13.5.